The molecule has 2 fully saturated rings. The van der Waals surface area contributed by atoms with Crippen LogP contribution in [-0.2, 0) is 24.3 Å². The van der Waals surface area contributed by atoms with Crippen LogP contribution >= 0.6 is 0 Å². The van der Waals surface area contributed by atoms with Crippen LogP contribution < -0.4 is 9.62 Å². The number of esters is 1. The Morgan fingerprint density at radius 2 is 1.34 bits per heavy atom. The molecule has 1 aromatic rings. The number of anilines is 1. The Hall–Kier alpha value is -2.33. The van der Waals surface area contributed by atoms with Crippen LogP contribution in [-0.4, -0.2) is 69.3 Å². The highest BCUT2D eigenvalue weighted by Crippen LogP contribution is 2.34. The molecule has 2 saturated heterocycles. The number of rotatable bonds is 7. The fourth-order valence-corrected chi connectivity index (χ4v) is 6.14. The Morgan fingerprint density at radius 1 is 0.842 bits per heavy atom. The molecule has 2 aliphatic rings. The van der Waals surface area contributed by atoms with Crippen molar-refractivity contribution in [3.8, 4) is 0 Å². The van der Waals surface area contributed by atoms with Crippen LogP contribution in [0.3, 0.4) is 0 Å². The van der Waals surface area contributed by atoms with Crippen LogP contribution in [0.15, 0.2) is 29.2 Å². The van der Waals surface area contributed by atoms with Gasteiger partial charge in [0.05, 0.1) is 11.3 Å². The number of hydrogen-bond acceptors (Lipinski definition) is 7. The minimum Gasteiger partial charge on any atom is -0.460 e. The van der Waals surface area contributed by atoms with Crippen molar-refractivity contribution >= 4 is 27.8 Å². The second kappa shape index (κ2) is 12.2. The lowest BCUT2D eigenvalue weighted by Crippen LogP contribution is -2.44. The maximum Gasteiger partial charge on any atom is 0.410 e. The smallest absolute Gasteiger partial charge is 0.410 e. The first kappa shape index (κ1) is 30.2. The topological polar surface area (TPSA) is 105 Å². The average Bonchev–Trinajstić information content (AvgIpc) is 2.82. The molecule has 0 aromatic heterocycles. The molecular formula is C28H45N3O6S. The number of ether oxygens (including phenoxy) is 2. The van der Waals surface area contributed by atoms with Gasteiger partial charge in [-0.2, -0.15) is 0 Å². The number of sulfonamides is 1. The van der Waals surface area contributed by atoms with Gasteiger partial charge in [-0.3, -0.25) is 4.79 Å². The normalized spacial score (nSPS) is 18.4. The second-order valence-electron chi connectivity index (χ2n) is 12.4. The molecule has 1 N–H and O–H groups in total. The van der Waals surface area contributed by atoms with Gasteiger partial charge in [0.2, 0.25) is 10.0 Å². The number of hydrogen-bond donors (Lipinski definition) is 1. The van der Waals surface area contributed by atoms with E-state index in [1.165, 1.54) is 0 Å². The number of piperidine rings is 2. The van der Waals surface area contributed by atoms with Crippen molar-refractivity contribution in [1.29, 1.82) is 0 Å². The fourth-order valence-electron chi connectivity index (χ4n) is 5.11. The van der Waals surface area contributed by atoms with E-state index >= 15 is 0 Å². The molecule has 0 atom stereocenters. The predicted octanol–water partition coefficient (Wildman–Crippen LogP) is 4.56. The van der Waals surface area contributed by atoms with E-state index < -0.39 is 27.2 Å². The van der Waals surface area contributed by atoms with Gasteiger partial charge < -0.3 is 19.3 Å². The summed E-state index contributed by atoms with van der Waals surface area (Å²) in [7, 11) is -3.70. The van der Waals surface area contributed by atoms with Gasteiger partial charge in [-0.15, -0.1) is 0 Å². The Morgan fingerprint density at radius 3 is 1.84 bits per heavy atom. The molecule has 214 valence electrons. The zero-order valence-corrected chi connectivity index (χ0v) is 24.6. The molecular weight excluding hydrogens is 506 g/mol. The molecule has 0 radical (unpaired) electrons. The summed E-state index contributed by atoms with van der Waals surface area (Å²) < 4.78 is 38.5. The summed E-state index contributed by atoms with van der Waals surface area (Å²) in [5, 5.41) is 0. The van der Waals surface area contributed by atoms with E-state index in [0.717, 1.165) is 57.5 Å². The van der Waals surface area contributed by atoms with Crippen molar-refractivity contribution in [2.45, 2.75) is 89.7 Å². The third-order valence-corrected chi connectivity index (χ3v) is 8.43. The van der Waals surface area contributed by atoms with Gasteiger partial charge in [-0.25, -0.2) is 17.9 Å². The van der Waals surface area contributed by atoms with Crippen LogP contribution in [0.1, 0.15) is 73.6 Å². The Balaban J connectivity index is 1.44. The Kier molecular flexibility index (Phi) is 9.73. The summed E-state index contributed by atoms with van der Waals surface area (Å²) in [5.41, 5.74) is -0.0583. The quantitative estimate of drug-likeness (QED) is 0.495. The summed E-state index contributed by atoms with van der Waals surface area (Å²) in [4.78, 5) is 28.5. The zero-order valence-electron chi connectivity index (χ0n) is 23.8. The number of carbonyl (C=O) groups is 2. The molecule has 1 aromatic carbocycles. The van der Waals surface area contributed by atoms with Crippen LogP contribution in [0.4, 0.5) is 10.5 Å². The van der Waals surface area contributed by atoms with Crippen molar-refractivity contribution in [1.82, 2.24) is 9.62 Å². The minimum absolute atomic E-state index is 0.0107. The molecule has 9 nitrogen and oxygen atoms in total. The molecule has 0 unspecified atom stereocenters. The molecule has 2 heterocycles. The third kappa shape index (κ3) is 9.15. The molecule has 2 aliphatic heterocycles. The first-order valence-electron chi connectivity index (χ1n) is 13.7. The van der Waals surface area contributed by atoms with Gasteiger partial charge in [0.1, 0.15) is 11.2 Å². The first-order valence-corrected chi connectivity index (χ1v) is 15.2. The molecule has 0 aliphatic carbocycles. The van der Waals surface area contributed by atoms with E-state index in [4.69, 9.17) is 9.47 Å². The lowest BCUT2D eigenvalue weighted by Gasteiger charge is -2.41. The highest BCUT2D eigenvalue weighted by molar-refractivity contribution is 7.89. The largest absolute Gasteiger partial charge is 0.460 e. The summed E-state index contributed by atoms with van der Waals surface area (Å²) in [6.45, 7) is 14.3. The van der Waals surface area contributed by atoms with Crippen molar-refractivity contribution in [3.63, 3.8) is 0 Å². The van der Waals surface area contributed by atoms with Crippen molar-refractivity contribution in [2.24, 2.45) is 11.8 Å². The average molecular weight is 552 g/mol. The SMILES string of the molecule is CC(C)(C)OC(=O)CCNS(=O)(=O)c1ccc(N2CCC(C3CCN(C(=O)OC(C)(C)C)CC3)CC2)cc1. The van der Waals surface area contributed by atoms with Gasteiger partial charge in [0, 0.05) is 38.4 Å². The van der Waals surface area contributed by atoms with E-state index in [1.54, 1.807) is 32.9 Å². The molecule has 38 heavy (non-hydrogen) atoms. The van der Waals surface area contributed by atoms with E-state index in [0.29, 0.717) is 11.8 Å². The van der Waals surface area contributed by atoms with Crippen LogP contribution in [0.2, 0.25) is 0 Å². The maximum absolute atomic E-state index is 12.6. The van der Waals surface area contributed by atoms with Crippen LogP contribution in [0.5, 0.6) is 0 Å². The maximum atomic E-state index is 12.6. The standard InChI is InChI=1S/C28H45N3O6S/c1-27(2,3)36-25(32)11-16-29-38(34,35)24-9-7-23(8-10-24)30-17-12-21(13-18-30)22-14-19-31(20-15-22)26(33)37-28(4,5)6/h7-10,21-22,29H,11-20H2,1-6H3. The van der Waals surface area contributed by atoms with Gasteiger partial charge in [-0.05, 0) is 103 Å². The van der Waals surface area contributed by atoms with E-state index in [-0.39, 0.29) is 24.0 Å². The molecule has 3 rings (SSSR count). The number of amides is 1. The highest BCUT2D eigenvalue weighted by atomic mass is 32.2. The molecule has 0 spiro atoms. The number of nitrogens with zero attached hydrogens (tertiary/aromatic N) is 2. The van der Waals surface area contributed by atoms with Crippen molar-refractivity contribution in [2.75, 3.05) is 37.6 Å². The minimum atomic E-state index is -3.70. The molecule has 0 bridgehead atoms. The van der Waals surface area contributed by atoms with Crippen molar-refractivity contribution < 1.29 is 27.5 Å². The summed E-state index contributed by atoms with van der Waals surface area (Å²) in [5.74, 6) is 0.823. The second-order valence-corrected chi connectivity index (χ2v) is 14.1. The van der Waals surface area contributed by atoms with E-state index in [1.807, 2.05) is 37.8 Å². The molecule has 0 saturated carbocycles. The number of carbonyl (C=O) groups excluding carboxylic acids is 2. The zero-order chi connectivity index (χ0) is 28.1. The number of likely N-dealkylation sites (tertiary alicyclic amines) is 1. The third-order valence-electron chi connectivity index (χ3n) is 6.95. The van der Waals surface area contributed by atoms with Gasteiger partial charge >= 0.3 is 12.1 Å². The highest BCUT2D eigenvalue weighted by Gasteiger charge is 2.32. The lowest BCUT2D eigenvalue weighted by atomic mass is 9.79. The van der Waals surface area contributed by atoms with Gasteiger partial charge in [-0.1, -0.05) is 0 Å². The van der Waals surface area contributed by atoms with Crippen LogP contribution in [0, 0.1) is 11.8 Å². The fraction of sp³-hybridized carbons (Fsp3) is 0.714. The molecule has 10 heteroatoms. The summed E-state index contributed by atoms with van der Waals surface area (Å²) >= 11 is 0. The Bertz CT molecular complexity index is 1040. The summed E-state index contributed by atoms with van der Waals surface area (Å²) in [6.07, 6.45) is 3.96. The predicted molar refractivity (Wildman–Crippen MR) is 148 cm³/mol. The monoisotopic (exact) mass is 551 g/mol. The van der Waals surface area contributed by atoms with Crippen LogP contribution in [0.25, 0.3) is 0 Å². The summed E-state index contributed by atoms with van der Waals surface area (Å²) in [6, 6.07) is 6.93. The van der Waals surface area contributed by atoms with E-state index in [2.05, 4.69) is 9.62 Å². The first-order chi connectivity index (χ1) is 17.6. The van der Waals surface area contributed by atoms with E-state index in [9.17, 15) is 18.0 Å². The number of benzene rings is 1. The lowest BCUT2D eigenvalue weighted by molar-refractivity contribution is -0.154. The Labute approximate surface area is 228 Å². The van der Waals surface area contributed by atoms with Gasteiger partial charge in [0.25, 0.3) is 0 Å². The van der Waals surface area contributed by atoms with Crippen molar-refractivity contribution in [3.05, 3.63) is 24.3 Å². The number of nitrogens with one attached hydrogen (secondary N) is 1. The van der Waals surface area contributed by atoms with Gasteiger partial charge in [0.15, 0.2) is 0 Å². The molecule has 1 amide bonds.